The number of nitrogens with zero attached hydrogens (tertiary/aromatic N) is 1. The van der Waals surface area contributed by atoms with Gasteiger partial charge < -0.3 is 4.74 Å². The average Bonchev–Trinajstić information content (AvgIpc) is 2.75. The van der Waals surface area contributed by atoms with E-state index in [1.165, 1.54) is 12.1 Å². The van der Waals surface area contributed by atoms with Gasteiger partial charge in [-0.05, 0) is 19.1 Å². The van der Waals surface area contributed by atoms with Gasteiger partial charge in [-0.25, -0.2) is 0 Å². The van der Waals surface area contributed by atoms with E-state index in [1.54, 1.807) is 61.5 Å². The summed E-state index contributed by atoms with van der Waals surface area (Å²) in [5.74, 6) is 0.120. The Kier molecular flexibility index (Phi) is 7.87. The molecule has 1 amide bonds. The SMILES string of the molecule is CCOc1ccc(NS(=O)(=O)c2cc(C(=O)Nc3cccc([I-][N+](=O)O)c3)ccc2C)cc1. The number of sulfonamides is 1. The first-order valence-electron chi connectivity index (χ1n) is 9.77. The van der Waals surface area contributed by atoms with Gasteiger partial charge in [-0.15, -0.1) is 0 Å². The predicted octanol–water partition coefficient (Wildman–Crippen LogP) is 0.789. The summed E-state index contributed by atoms with van der Waals surface area (Å²) in [6, 6.07) is 17.5. The summed E-state index contributed by atoms with van der Waals surface area (Å²) in [7, 11) is -3.95. The van der Waals surface area contributed by atoms with Gasteiger partial charge in [0, 0.05) is 0 Å². The molecule has 0 saturated heterocycles. The average molecular weight is 583 g/mol. The minimum atomic E-state index is -3.95. The second-order valence-corrected chi connectivity index (χ2v) is 11.0. The molecule has 11 heteroatoms. The van der Waals surface area contributed by atoms with Gasteiger partial charge in [0.25, 0.3) is 0 Å². The molecule has 0 fully saturated rings. The van der Waals surface area contributed by atoms with Crippen LogP contribution in [-0.4, -0.2) is 29.3 Å². The van der Waals surface area contributed by atoms with Crippen LogP contribution >= 0.6 is 0 Å². The smallest absolute Gasteiger partial charge is 0.0179 e. The molecule has 9 nitrogen and oxygen atoms in total. The van der Waals surface area contributed by atoms with E-state index < -0.39 is 37.4 Å². The minimum absolute atomic E-state index is 0.0223. The maximum atomic E-state index is 13.0. The van der Waals surface area contributed by atoms with Gasteiger partial charge in [0.15, 0.2) is 0 Å². The quantitative estimate of drug-likeness (QED) is 0.195. The first-order valence-corrected chi connectivity index (χ1v) is 13.3. The number of hydrogen-bond acceptors (Lipinski definition) is 5. The summed E-state index contributed by atoms with van der Waals surface area (Å²) in [6.07, 6.45) is 0. The van der Waals surface area contributed by atoms with E-state index in [9.17, 15) is 18.1 Å². The third kappa shape index (κ3) is 6.65. The second-order valence-electron chi connectivity index (χ2n) is 6.82. The Morgan fingerprint density at radius 1 is 1.06 bits per heavy atom. The van der Waals surface area contributed by atoms with Crippen LogP contribution in [0.25, 0.3) is 0 Å². The van der Waals surface area contributed by atoms with E-state index in [0.29, 0.717) is 32.9 Å². The fraction of sp³-hybridized carbons (Fsp3) is 0.136. The van der Waals surface area contributed by atoms with Crippen molar-refractivity contribution in [3.63, 3.8) is 0 Å². The molecule has 174 valence electrons. The zero-order chi connectivity index (χ0) is 24.0. The minimum Gasteiger partial charge on any atom is -0.0179 e. The summed E-state index contributed by atoms with van der Waals surface area (Å²) in [5, 5.41) is 11.6. The van der Waals surface area contributed by atoms with Crippen LogP contribution in [0.5, 0.6) is 5.75 Å². The molecule has 3 aromatic carbocycles. The Morgan fingerprint density at radius 2 is 1.79 bits per heavy atom. The number of halogens is 1. The summed E-state index contributed by atoms with van der Waals surface area (Å²) in [4.78, 5) is 23.6. The Labute approximate surface area is 202 Å². The number of carbonyl (C=O) groups excluding carboxylic acids is 1. The molecule has 3 N–H and O–H groups in total. The van der Waals surface area contributed by atoms with Crippen molar-refractivity contribution in [1.29, 1.82) is 0 Å². The monoisotopic (exact) mass is 583 g/mol. The van der Waals surface area contributed by atoms with Crippen LogP contribution in [0.4, 0.5) is 11.4 Å². The molecular formula is C22H22IN3O6S. The molecule has 0 aromatic heterocycles. The van der Waals surface area contributed by atoms with Gasteiger partial charge >= 0.3 is 166 Å². The van der Waals surface area contributed by atoms with Crippen LogP contribution in [-0.2, 0) is 10.0 Å². The summed E-state index contributed by atoms with van der Waals surface area (Å²) in [6.45, 7) is 4.00. The third-order valence-electron chi connectivity index (χ3n) is 4.41. The predicted molar refractivity (Wildman–Crippen MR) is 118 cm³/mol. The first-order chi connectivity index (χ1) is 15.7. The van der Waals surface area contributed by atoms with Crippen LogP contribution in [0.15, 0.2) is 71.6 Å². The molecule has 0 saturated carbocycles. The van der Waals surface area contributed by atoms with Gasteiger partial charge in [-0.2, -0.15) is 0 Å². The molecule has 0 atom stereocenters. The van der Waals surface area contributed by atoms with E-state index in [0.717, 1.165) is 0 Å². The van der Waals surface area contributed by atoms with Crippen molar-refractivity contribution >= 4 is 27.3 Å². The fourth-order valence-corrected chi connectivity index (χ4v) is 5.58. The van der Waals surface area contributed by atoms with Gasteiger partial charge in [-0.3, -0.25) is 0 Å². The van der Waals surface area contributed by atoms with Crippen molar-refractivity contribution in [1.82, 2.24) is 0 Å². The second kappa shape index (κ2) is 10.6. The van der Waals surface area contributed by atoms with Crippen LogP contribution < -0.4 is 36.3 Å². The molecule has 0 aliphatic rings. The number of nitrogens with one attached hydrogen (secondary N) is 2. The Hall–Kier alpha value is -3.19. The zero-order valence-corrected chi connectivity index (χ0v) is 20.8. The van der Waals surface area contributed by atoms with Crippen molar-refractivity contribution in [2.45, 2.75) is 18.7 Å². The number of amides is 1. The normalized spacial score (nSPS) is 11.1. The van der Waals surface area contributed by atoms with Crippen LogP contribution in [0.3, 0.4) is 0 Å². The Morgan fingerprint density at radius 3 is 2.45 bits per heavy atom. The molecule has 0 unspecified atom stereocenters. The third-order valence-corrected chi connectivity index (χ3v) is 7.57. The van der Waals surface area contributed by atoms with Crippen molar-refractivity contribution in [3.05, 3.63) is 86.3 Å². The topological polar surface area (TPSA) is 125 Å². The number of anilines is 2. The number of ether oxygens (including phenoxy) is 1. The molecule has 3 aromatic rings. The number of carbonyl (C=O) groups is 1. The van der Waals surface area contributed by atoms with Crippen LogP contribution in [0.2, 0.25) is 0 Å². The number of hydrogen-bond donors (Lipinski definition) is 3. The number of rotatable bonds is 9. The Bertz CT molecular complexity index is 1280. The molecule has 0 aliphatic heterocycles. The van der Waals surface area contributed by atoms with Gasteiger partial charge in [0.1, 0.15) is 5.75 Å². The Balaban J connectivity index is 1.80. The van der Waals surface area contributed by atoms with Gasteiger partial charge in [0.05, 0.1) is 6.61 Å². The van der Waals surface area contributed by atoms with E-state index in [4.69, 9.17) is 9.94 Å². The zero-order valence-electron chi connectivity index (χ0n) is 17.8. The van der Waals surface area contributed by atoms with Gasteiger partial charge in [0.2, 0.25) is 0 Å². The number of aryl methyl sites for hydroxylation is 1. The molecule has 0 spiro atoms. The molecule has 3 rings (SSSR count). The molecule has 33 heavy (non-hydrogen) atoms. The van der Waals surface area contributed by atoms with E-state index in [-0.39, 0.29) is 13.6 Å². The standard InChI is InChI=1S/C22H22IN3O6S/c1-3-32-20-11-9-18(10-12-20)25-33(30,31)21-13-16(8-7-15(21)2)22(27)24-19-6-4-5-17(14-19)23-26(28)29/h4-14,25H,3H2,1-2H3,(H,24,27)(H,28,29). The molecular weight excluding hydrogens is 561 g/mol. The van der Waals surface area contributed by atoms with E-state index in [2.05, 4.69) is 10.0 Å². The molecule has 0 bridgehead atoms. The summed E-state index contributed by atoms with van der Waals surface area (Å²) in [5.41, 5.74) is 1.43. The van der Waals surface area contributed by atoms with Crippen molar-refractivity contribution in [2.75, 3.05) is 16.6 Å². The van der Waals surface area contributed by atoms with Crippen molar-refractivity contribution in [2.24, 2.45) is 0 Å². The van der Waals surface area contributed by atoms with Crippen molar-refractivity contribution < 1.29 is 47.8 Å². The van der Waals surface area contributed by atoms with Crippen molar-refractivity contribution in [3.8, 4) is 5.75 Å². The number of benzene rings is 3. The van der Waals surface area contributed by atoms with Gasteiger partial charge in [-0.1, -0.05) is 0 Å². The molecule has 0 heterocycles. The van der Waals surface area contributed by atoms with Crippen LogP contribution in [0.1, 0.15) is 22.8 Å². The maximum absolute atomic E-state index is 13.0. The summed E-state index contributed by atoms with van der Waals surface area (Å²) >= 11 is -1.30. The fourth-order valence-electron chi connectivity index (χ4n) is 2.93. The van der Waals surface area contributed by atoms with Crippen LogP contribution in [0, 0.1) is 15.4 Å². The first kappa shape index (κ1) is 24.5. The summed E-state index contributed by atoms with van der Waals surface area (Å²) < 4.78 is 34.4. The van der Waals surface area contributed by atoms with E-state index >= 15 is 0 Å². The van der Waals surface area contributed by atoms with E-state index in [1.807, 2.05) is 6.92 Å². The molecule has 0 aliphatic carbocycles. The molecule has 0 radical (unpaired) electrons.